The van der Waals surface area contributed by atoms with Crippen LogP contribution in [0.15, 0.2) is 16.6 Å². The zero-order chi connectivity index (χ0) is 10.8. The number of piperidine rings is 1. The van der Waals surface area contributed by atoms with Crippen molar-refractivity contribution >= 4 is 15.9 Å². The van der Waals surface area contributed by atoms with E-state index in [1.165, 1.54) is 47.0 Å². The smallest absolute Gasteiger partial charge is 0.0322 e. The average Bonchev–Trinajstić information content (AvgIpc) is 2.25. The quantitative estimate of drug-likeness (QED) is 0.815. The molecule has 1 aromatic carbocycles. The van der Waals surface area contributed by atoms with Gasteiger partial charge in [0.1, 0.15) is 0 Å². The summed E-state index contributed by atoms with van der Waals surface area (Å²) in [5.74, 6) is 0. The van der Waals surface area contributed by atoms with Crippen molar-refractivity contribution in [3.63, 3.8) is 0 Å². The van der Waals surface area contributed by atoms with E-state index in [0.29, 0.717) is 6.04 Å². The molecule has 1 nitrogen and oxygen atoms in total. The molecule has 1 unspecified atom stereocenters. The number of aryl methyl sites for hydroxylation is 2. The zero-order valence-corrected chi connectivity index (χ0v) is 11.0. The summed E-state index contributed by atoms with van der Waals surface area (Å²) in [5.41, 5.74) is 4.21. The lowest BCUT2D eigenvalue weighted by molar-refractivity contribution is 0.411. The molecule has 2 heteroatoms. The van der Waals surface area contributed by atoms with Gasteiger partial charge in [-0.3, -0.25) is 0 Å². The van der Waals surface area contributed by atoms with E-state index in [0.717, 1.165) is 0 Å². The lowest BCUT2D eigenvalue weighted by Gasteiger charge is -2.25. The van der Waals surface area contributed by atoms with Crippen molar-refractivity contribution in [3.05, 3.63) is 33.3 Å². The number of benzene rings is 1. The Morgan fingerprint density at radius 3 is 2.67 bits per heavy atom. The van der Waals surface area contributed by atoms with E-state index in [4.69, 9.17) is 0 Å². The molecule has 82 valence electrons. The minimum Gasteiger partial charge on any atom is -0.310 e. The maximum absolute atomic E-state index is 3.61. The standard InChI is InChI=1S/C13H18BrN/c1-9-8-12(14)10(2)7-11(9)13-5-3-4-6-15-13/h7-8,13,15H,3-6H2,1-2H3. The fraction of sp³-hybridized carbons (Fsp3) is 0.538. The Labute approximate surface area is 100 Å². The predicted molar refractivity (Wildman–Crippen MR) is 68.2 cm³/mol. The fourth-order valence-corrected chi connectivity index (χ4v) is 2.75. The molecule has 1 aliphatic rings. The number of halogens is 1. The van der Waals surface area contributed by atoms with Crippen molar-refractivity contribution in [2.24, 2.45) is 0 Å². The maximum atomic E-state index is 3.61. The maximum Gasteiger partial charge on any atom is 0.0322 e. The van der Waals surface area contributed by atoms with Gasteiger partial charge in [0.2, 0.25) is 0 Å². The molecule has 1 atom stereocenters. The van der Waals surface area contributed by atoms with Crippen molar-refractivity contribution in [2.45, 2.75) is 39.2 Å². The highest BCUT2D eigenvalue weighted by atomic mass is 79.9. The molecule has 1 aliphatic heterocycles. The Morgan fingerprint density at radius 1 is 1.20 bits per heavy atom. The summed E-state index contributed by atoms with van der Waals surface area (Å²) in [7, 11) is 0. The highest BCUT2D eigenvalue weighted by molar-refractivity contribution is 9.10. The van der Waals surface area contributed by atoms with E-state index in [9.17, 15) is 0 Å². The van der Waals surface area contributed by atoms with Gasteiger partial charge in [-0.1, -0.05) is 28.4 Å². The number of nitrogens with one attached hydrogen (secondary N) is 1. The van der Waals surface area contributed by atoms with Gasteiger partial charge < -0.3 is 5.32 Å². The zero-order valence-electron chi connectivity index (χ0n) is 9.44. The first-order valence-electron chi connectivity index (χ1n) is 5.68. The Bertz CT molecular complexity index is 354. The molecule has 0 spiro atoms. The minimum atomic E-state index is 0.575. The molecular formula is C13H18BrN. The van der Waals surface area contributed by atoms with Gasteiger partial charge in [-0.25, -0.2) is 0 Å². The van der Waals surface area contributed by atoms with Crippen LogP contribution in [0.5, 0.6) is 0 Å². The van der Waals surface area contributed by atoms with Crippen LogP contribution in [0.1, 0.15) is 42.0 Å². The third-order valence-corrected chi connectivity index (χ3v) is 4.09. The van der Waals surface area contributed by atoms with Crippen LogP contribution in [-0.2, 0) is 0 Å². The van der Waals surface area contributed by atoms with Crippen LogP contribution in [0.2, 0.25) is 0 Å². The summed E-state index contributed by atoms with van der Waals surface area (Å²) in [6.07, 6.45) is 3.96. The third kappa shape index (κ3) is 2.43. The molecule has 1 aromatic rings. The van der Waals surface area contributed by atoms with Crippen molar-refractivity contribution in [2.75, 3.05) is 6.54 Å². The topological polar surface area (TPSA) is 12.0 Å². The molecule has 0 bridgehead atoms. The number of rotatable bonds is 1. The van der Waals surface area contributed by atoms with Crippen molar-refractivity contribution in [1.29, 1.82) is 0 Å². The summed E-state index contributed by atoms with van der Waals surface area (Å²) in [6.45, 7) is 5.53. The Kier molecular flexibility index (Phi) is 3.47. The normalized spacial score (nSPS) is 21.7. The predicted octanol–water partition coefficient (Wildman–Crippen LogP) is 3.88. The monoisotopic (exact) mass is 267 g/mol. The van der Waals surface area contributed by atoms with Gasteiger partial charge in [0.25, 0.3) is 0 Å². The number of hydrogen-bond donors (Lipinski definition) is 1. The molecule has 1 fully saturated rings. The average molecular weight is 268 g/mol. The second-order valence-corrected chi connectivity index (χ2v) is 5.31. The molecule has 0 aliphatic carbocycles. The van der Waals surface area contributed by atoms with Gasteiger partial charge >= 0.3 is 0 Å². The highest BCUT2D eigenvalue weighted by Gasteiger charge is 2.17. The molecule has 15 heavy (non-hydrogen) atoms. The second-order valence-electron chi connectivity index (χ2n) is 4.46. The van der Waals surface area contributed by atoms with Gasteiger partial charge in [0.05, 0.1) is 0 Å². The van der Waals surface area contributed by atoms with Crippen molar-refractivity contribution in [3.8, 4) is 0 Å². The van der Waals surface area contributed by atoms with Crippen LogP contribution in [-0.4, -0.2) is 6.54 Å². The van der Waals surface area contributed by atoms with Crippen LogP contribution in [0.3, 0.4) is 0 Å². The number of hydrogen-bond acceptors (Lipinski definition) is 1. The molecule has 0 radical (unpaired) electrons. The molecule has 1 saturated heterocycles. The van der Waals surface area contributed by atoms with E-state index in [2.05, 4.69) is 47.2 Å². The highest BCUT2D eigenvalue weighted by Crippen LogP contribution is 2.29. The molecular weight excluding hydrogens is 250 g/mol. The van der Waals surface area contributed by atoms with E-state index in [1.807, 2.05) is 0 Å². The molecule has 0 aromatic heterocycles. The largest absolute Gasteiger partial charge is 0.310 e. The van der Waals surface area contributed by atoms with Gasteiger partial charge in [0.15, 0.2) is 0 Å². The first kappa shape index (κ1) is 11.2. The molecule has 0 amide bonds. The fourth-order valence-electron chi connectivity index (χ4n) is 2.30. The second kappa shape index (κ2) is 4.67. The summed E-state index contributed by atoms with van der Waals surface area (Å²) in [5, 5.41) is 3.61. The van der Waals surface area contributed by atoms with E-state index in [-0.39, 0.29) is 0 Å². The first-order valence-corrected chi connectivity index (χ1v) is 6.48. The molecule has 2 rings (SSSR count). The first-order chi connectivity index (χ1) is 7.18. The Balaban J connectivity index is 2.30. The molecule has 1 heterocycles. The van der Waals surface area contributed by atoms with Crippen LogP contribution in [0.4, 0.5) is 0 Å². The summed E-state index contributed by atoms with van der Waals surface area (Å²) in [4.78, 5) is 0. The van der Waals surface area contributed by atoms with Crippen LogP contribution >= 0.6 is 15.9 Å². The summed E-state index contributed by atoms with van der Waals surface area (Å²) in [6, 6.07) is 5.13. The van der Waals surface area contributed by atoms with Crippen LogP contribution in [0.25, 0.3) is 0 Å². The molecule has 1 N–H and O–H groups in total. The lowest BCUT2D eigenvalue weighted by atomic mass is 9.93. The third-order valence-electron chi connectivity index (χ3n) is 3.23. The van der Waals surface area contributed by atoms with Gasteiger partial charge in [0, 0.05) is 10.5 Å². The van der Waals surface area contributed by atoms with Crippen molar-refractivity contribution < 1.29 is 0 Å². The Hall–Kier alpha value is -0.340. The van der Waals surface area contributed by atoms with Crippen LogP contribution < -0.4 is 5.32 Å². The summed E-state index contributed by atoms with van der Waals surface area (Å²) >= 11 is 3.58. The summed E-state index contributed by atoms with van der Waals surface area (Å²) < 4.78 is 1.22. The van der Waals surface area contributed by atoms with E-state index >= 15 is 0 Å². The van der Waals surface area contributed by atoms with E-state index < -0.39 is 0 Å². The van der Waals surface area contributed by atoms with Gasteiger partial charge in [-0.15, -0.1) is 0 Å². The SMILES string of the molecule is Cc1cc(C2CCCCN2)c(C)cc1Br. The lowest BCUT2D eigenvalue weighted by Crippen LogP contribution is -2.27. The Morgan fingerprint density at radius 2 is 2.00 bits per heavy atom. The van der Waals surface area contributed by atoms with Gasteiger partial charge in [-0.2, -0.15) is 0 Å². The molecule has 0 saturated carbocycles. The van der Waals surface area contributed by atoms with E-state index in [1.54, 1.807) is 0 Å². The van der Waals surface area contributed by atoms with Gasteiger partial charge in [-0.05, 0) is 56.0 Å². The minimum absolute atomic E-state index is 0.575. The van der Waals surface area contributed by atoms with Crippen LogP contribution in [0, 0.1) is 13.8 Å². The van der Waals surface area contributed by atoms with Crippen molar-refractivity contribution in [1.82, 2.24) is 5.32 Å².